The van der Waals surface area contributed by atoms with Crippen LogP contribution in [0.25, 0.3) is 0 Å². The molecule has 3 aliphatic heterocycles. The van der Waals surface area contributed by atoms with E-state index in [-0.39, 0.29) is 94.7 Å². The summed E-state index contributed by atoms with van der Waals surface area (Å²) in [7, 11) is 0. The number of guanidine groups is 1. The van der Waals surface area contributed by atoms with Gasteiger partial charge in [0.15, 0.2) is 5.96 Å². The molecular formula is C55H88N14O13S. The van der Waals surface area contributed by atoms with E-state index >= 15 is 0 Å². The molecule has 9 atom stereocenters. The molecule has 3 saturated heterocycles. The van der Waals surface area contributed by atoms with Gasteiger partial charge in [-0.25, -0.2) is 4.79 Å². The van der Waals surface area contributed by atoms with Crippen LogP contribution in [-0.4, -0.2) is 201 Å². The minimum Gasteiger partial charge on any atom is -0.480 e. The number of likely N-dealkylation sites (tertiary alicyclic amines) is 3. The second-order valence-electron chi connectivity index (χ2n) is 21.6. The molecule has 0 bridgehead atoms. The number of nitrogens with one attached hydrogen (secondary N) is 6. The summed E-state index contributed by atoms with van der Waals surface area (Å²) in [5, 5.41) is 34.8. The predicted molar refractivity (Wildman–Crippen MR) is 309 cm³/mol. The van der Waals surface area contributed by atoms with Crippen molar-refractivity contribution >= 4 is 82.8 Å². The third-order valence-corrected chi connectivity index (χ3v) is 15.9. The van der Waals surface area contributed by atoms with Gasteiger partial charge in [0.05, 0.1) is 24.4 Å². The highest BCUT2D eigenvalue weighted by atomic mass is 32.2. The number of aliphatic hydroxyl groups is 1. The smallest absolute Gasteiger partial charge is 0.326 e. The lowest BCUT2D eigenvalue weighted by atomic mass is 10.0. The molecule has 0 aliphatic carbocycles. The number of unbranched alkanes of at least 4 members (excludes halogenated alkanes) is 4. The van der Waals surface area contributed by atoms with Gasteiger partial charge in [0.25, 0.3) is 0 Å². The average molecular weight is 1190 g/mol. The van der Waals surface area contributed by atoms with Gasteiger partial charge in [0.1, 0.15) is 42.3 Å². The zero-order valence-electron chi connectivity index (χ0n) is 48.0. The first kappa shape index (κ1) is 68.6. The molecule has 4 rings (SSSR count). The van der Waals surface area contributed by atoms with Gasteiger partial charge >= 0.3 is 5.97 Å². The zero-order chi connectivity index (χ0) is 61.2. The number of aliphatic imine (C=N–C) groups is 1. The monoisotopic (exact) mass is 1180 g/mol. The number of hydrogen-bond donors (Lipinski definition) is 12. The number of imide groups is 1. The van der Waals surface area contributed by atoms with E-state index in [1.807, 2.05) is 6.92 Å². The van der Waals surface area contributed by atoms with Crippen LogP contribution in [0.15, 0.2) is 35.3 Å². The van der Waals surface area contributed by atoms with Gasteiger partial charge in [-0.1, -0.05) is 76.8 Å². The van der Waals surface area contributed by atoms with Crippen molar-refractivity contribution in [1.29, 1.82) is 0 Å². The molecule has 83 heavy (non-hydrogen) atoms. The van der Waals surface area contributed by atoms with Gasteiger partial charge < -0.3 is 74.8 Å². The summed E-state index contributed by atoms with van der Waals surface area (Å²) in [5.41, 5.74) is 23.4. The normalized spacial score (nSPS) is 19.0. The summed E-state index contributed by atoms with van der Waals surface area (Å²) >= 11 is 0.969. The van der Waals surface area contributed by atoms with Gasteiger partial charge in [-0.15, -0.1) is 11.8 Å². The molecule has 0 radical (unpaired) electrons. The molecule has 0 spiro atoms. The SMILES string of the molecule is CCCCCCN1C(=O)CC(SC[C@H](NC(=O)[C@@H]2CCCN2C(=O)[C@H](CCCN=C(N)N)NC(=O)[C@@H](N)CCCCN)C(=O)NCC(=O)N[C@@H](Cc2ccccc2)C(=O)N[C@@H](CO)C(=O)N2CCC[C@H]2C(=O)N[C@@H](CC(C)C)C(=O)O)C1=O. The third-order valence-electron chi connectivity index (χ3n) is 14.6. The van der Waals surface area contributed by atoms with Crippen LogP contribution in [0.1, 0.15) is 123 Å². The second kappa shape index (κ2) is 35.3. The number of aliphatic carboxylic acids is 1. The number of aliphatic hydroxyl groups excluding tert-OH is 1. The number of benzene rings is 1. The molecule has 462 valence electrons. The number of amides is 10. The first-order valence-electron chi connectivity index (χ1n) is 28.8. The van der Waals surface area contributed by atoms with Crippen LogP contribution in [0, 0.1) is 5.92 Å². The Morgan fingerprint density at radius 1 is 0.735 bits per heavy atom. The Kier molecular flexibility index (Phi) is 29.2. The minimum absolute atomic E-state index is 0.0678. The van der Waals surface area contributed by atoms with E-state index in [2.05, 4.69) is 36.9 Å². The van der Waals surface area contributed by atoms with Crippen molar-refractivity contribution in [3.05, 3.63) is 35.9 Å². The highest BCUT2D eigenvalue weighted by Crippen LogP contribution is 2.27. The largest absolute Gasteiger partial charge is 0.480 e. The number of carboxylic acid groups (broad SMARTS) is 1. The van der Waals surface area contributed by atoms with E-state index in [9.17, 15) is 63.0 Å². The maximum Gasteiger partial charge on any atom is 0.326 e. The van der Waals surface area contributed by atoms with Crippen molar-refractivity contribution < 1.29 is 63.0 Å². The molecule has 1 unspecified atom stereocenters. The lowest BCUT2D eigenvalue weighted by Crippen LogP contribution is -2.59. The van der Waals surface area contributed by atoms with Gasteiger partial charge in [0.2, 0.25) is 59.1 Å². The molecule has 3 fully saturated rings. The van der Waals surface area contributed by atoms with Crippen molar-refractivity contribution in [2.24, 2.45) is 33.8 Å². The third kappa shape index (κ3) is 22.0. The van der Waals surface area contributed by atoms with E-state index in [4.69, 9.17) is 22.9 Å². The molecule has 0 aromatic heterocycles. The highest BCUT2D eigenvalue weighted by Gasteiger charge is 2.43. The van der Waals surface area contributed by atoms with Gasteiger partial charge in [-0.2, -0.15) is 0 Å². The fraction of sp³-hybridized carbons (Fsp3) is 0.673. The van der Waals surface area contributed by atoms with Crippen molar-refractivity contribution in [3.8, 4) is 0 Å². The topological polar surface area (TPSA) is 427 Å². The van der Waals surface area contributed by atoms with Gasteiger partial charge in [-0.05, 0) is 82.2 Å². The number of rotatable bonds is 36. The number of thioether (sulfide) groups is 1. The molecule has 3 heterocycles. The van der Waals surface area contributed by atoms with Crippen LogP contribution >= 0.6 is 11.8 Å². The average Bonchev–Trinajstić information content (AvgIpc) is 4.42. The number of carboxylic acids is 1. The Balaban J connectivity index is 1.53. The standard InChI is InChI=1S/C55H88N14O13S/c1-4-5-6-12-24-69-45(72)29-43(53(69)80)83-32-40(66-50(77)42-21-14-25-67(42)51(78)36(19-13-23-60-55(58)59)63-46(73)35(57)18-10-11-22-56)47(74)61-30-44(71)62-37(28-34-16-8-7-9-17-34)48(75)65-39(31-70)52(79)68-26-15-20-41(68)49(76)64-38(54(81)82)27-33(2)3/h7-9,16-17,33,35-43,70H,4-6,10-15,18-32,56-57H2,1-3H3,(H,61,74)(H,62,71)(H,63,73)(H,64,76)(H,65,75)(H,66,77)(H,81,82)(H4,58,59,60)/t35-,36-,37-,38-,39-,40-,41-,42-,43?/m0/s1. The molecule has 27 nitrogen and oxygen atoms in total. The van der Waals surface area contributed by atoms with Crippen LogP contribution in [-0.2, 0) is 59.2 Å². The zero-order valence-corrected chi connectivity index (χ0v) is 48.8. The summed E-state index contributed by atoms with van der Waals surface area (Å²) in [6.45, 7) is 4.95. The van der Waals surface area contributed by atoms with Crippen LogP contribution < -0.4 is 54.8 Å². The Morgan fingerprint density at radius 3 is 1.95 bits per heavy atom. The lowest BCUT2D eigenvalue weighted by molar-refractivity contribution is -0.145. The molecule has 1 aromatic rings. The fourth-order valence-electron chi connectivity index (χ4n) is 10.1. The van der Waals surface area contributed by atoms with E-state index in [0.717, 1.165) is 31.0 Å². The summed E-state index contributed by atoms with van der Waals surface area (Å²) < 4.78 is 0. The molecule has 1 aromatic carbocycles. The second-order valence-corrected chi connectivity index (χ2v) is 22.8. The van der Waals surface area contributed by atoms with Crippen molar-refractivity contribution in [1.82, 2.24) is 46.6 Å². The predicted octanol–water partition coefficient (Wildman–Crippen LogP) is -2.17. The van der Waals surface area contributed by atoms with Gasteiger partial charge in [-0.3, -0.25) is 57.8 Å². The quantitative estimate of drug-likeness (QED) is 0.0147. The van der Waals surface area contributed by atoms with E-state index in [0.29, 0.717) is 50.6 Å². The number of nitrogens with zero attached hydrogens (tertiary/aromatic N) is 4. The molecule has 10 amide bonds. The summed E-state index contributed by atoms with van der Waals surface area (Å²) in [4.78, 5) is 158. The van der Waals surface area contributed by atoms with Crippen LogP contribution in [0.5, 0.6) is 0 Å². The summed E-state index contributed by atoms with van der Waals surface area (Å²) in [6, 6.07) is -1.46. The first-order chi connectivity index (χ1) is 39.6. The van der Waals surface area contributed by atoms with Crippen LogP contribution in [0.2, 0.25) is 0 Å². The first-order valence-corrected chi connectivity index (χ1v) is 29.9. The van der Waals surface area contributed by atoms with E-state index < -0.39 is 126 Å². The molecule has 16 N–H and O–H groups in total. The van der Waals surface area contributed by atoms with E-state index in [1.54, 1.807) is 44.2 Å². The Morgan fingerprint density at radius 2 is 1.36 bits per heavy atom. The highest BCUT2D eigenvalue weighted by molar-refractivity contribution is 8.00. The maximum absolute atomic E-state index is 14.4. The molecular weight excluding hydrogens is 1100 g/mol. The Bertz CT molecular complexity index is 2420. The Labute approximate surface area is 489 Å². The number of carbonyl (C=O) groups is 11. The number of hydrogen-bond acceptors (Lipinski definition) is 16. The number of nitrogens with two attached hydrogens (primary N) is 4. The fourth-order valence-corrected chi connectivity index (χ4v) is 11.3. The summed E-state index contributed by atoms with van der Waals surface area (Å²) in [5.74, 6) is -8.66. The lowest BCUT2D eigenvalue weighted by Gasteiger charge is -2.30. The van der Waals surface area contributed by atoms with Crippen LogP contribution in [0.3, 0.4) is 0 Å². The maximum atomic E-state index is 14.4. The van der Waals surface area contributed by atoms with Crippen LogP contribution in [0.4, 0.5) is 0 Å². The minimum atomic E-state index is -1.59. The van der Waals surface area contributed by atoms with Gasteiger partial charge in [0, 0.05) is 44.8 Å². The molecule has 28 heteroatoms. The summed E-state index contributed by atoms with van der Waals surface area (Å²) in [6.07, 6.45) is 6.20. The van der Waals surface area contributed by atoms with Crippen molar-refractivity contribution in [3.63, 3.8) is 0 Å². The Hall–Kier alpha value is -6.91. The molecule has 3 aliphatic rings. The van der Waals surface area contributed by atoms with Crippen molar-refractivity contribution in [2.45, 2.75) is 177 Å². The van der Waals surface area contributed by atoms with Crippen molar-refractivity contribution in [2.75, 3.05) is 51.6 Å². The van der Waals surface area contributed by atoms with E-state index in [1.165, 1.54) is 14.7 Å². The number of carbonyl (C=O) groups excluding carboxylic acids is 10. The molecule has 0 saturated carbocycles.